The first-order valence-electron chi connectivity index (χ1n) is 10.8. The van der Waals surface area contributed by atoms with Gasteiger partial charge in [0.1, 0.15) is 5.82 Å². The highest BCUT2D eigenvalue weighted by Crippen LogP contribution is 2.28. The van der Waals surface area contributed by atoms with E-state index in [4.69, 9.17) is 9.47 Å². The van der Waals surface area contributed by atoms with E-state index < -0.39 is 18.4 Å². The summed E-state index contributed by atoms with van der Waals surface area (Å²) in [5.41, 5.74) is 1.99. The van der Waals surface area contributed by atoms with Crippen molar-refractivity contribution in [2.75, 3.05) is 13.1 Å². The molecule has 1 heterocycles. The fourth-order valence-electron chi connectivity index (χ4n) is 4.17. The lowest BCUT2D eigenvalue weighted by Gasteiger charge is -2.32. The number of carbonyl (C=O) groups excluding carboxylic acids is 2. The standard InChI is InChI=1S/C26H26FNO4/c1-18(29)31-25(17-19-6-7-20-4-2-3-5-23(20)16-19)32-26(30)28-14-12-22(13-15-28)21-8-10-24(27)11-9-21/h2-11,16,22,25H,12-15,17H2,1H3. The normalized spacial score (nSPS) is 15.4. The van der Waals surface area contributed by atoms with Crippen molar-refractivity contribution in [1.82, 2.24) is 4.90 Å². The molecule has 0 N–H and O–H groups in total. The number of nitrogens with zero attached hydrogens (tertiary/aromatic N) is 1. The van der Waals surface area contributed by atoms with Crippen molar-refractivity contribution in [2.45, 2.75) is 38.4 Å². The number of benzene rings is 3. The lowest BCUT2D eigenvalue weighted by Crippen LogP contribution is -2.41. The highest BCUT2D eigenvalue weighted by Gasteiger charge is 2.27. The molecule has 5 nitrogen and oxygen atoms in total. The number of amides is 1. The second-order valence-corrected chi connectivity index (χ2v) is 8.12. The first kappa shape index (κ1) is 21.8. The van der Waals surface area contributed by atoms with Gasteiger partial charge in [0.25, 0.3) is 6.29 Å². The van der Waals surface area contributed by atoms with Crippen LogP contribution in [-0.4, -0.2) is 36.3 Å². The fourth-order valence-corrected chi connectivity index (χ4v) is 4.17. The first-order valence-corrected chi connectivity index (χ1v) is 10.8. The van der Waals surface area contributed by atoms with Crippen LogP contribution in [0.3, 0.4) is 0 Å². The summed E-state index contributed by atoms with van der Waals surface area (Å²) in [6.45, 7) is 2.36. The molecule has 6 heteroatoms. The van der Waals surface area contributed by atoms with Crippen LogP contribution >= 0.6 is 0 Å². The van der Waals surface area contributed by atoms with Gasteiger partial charge < -0.3 is 14.4 Å². The zero-order valence-electron chi connectivity index (χ0n) is 18.0. The largest absolute Gasteiger partial charge is 0.425 e. The summed E-state index contributed by atoms with van der Waals surface area (Å²) in [5.74, 6) is -0.474. The quantitative estimate of drug-likeness (QED) is 0.396. The number of esters is 1. The number of halogens is 1. The van der Waals surface area contributed by atoms with E-state index in [2.05, 4.69) is 0 Å². The number of rotatable bonds is 5. The summed E-state index contributed by atoms with van der Waals surface area (Å²) in [7, 11) is 0. The SMILES string of the molecule is CC(=O)OC(Cc1ccc2ccccc2c1)OC(=O)N1CCC(c2ccc(F)cc2)CC1. The van der Waals surface area contributed by atoms with E-state index in [9.17, 15) is 14.0 Å². The van der Waals surface area contributed by atoms with Crippen LogP contribution in [0.1, 0.15) is 36.8 Å². The minimum absolute atomic E-state index is 0.252. The molecule has 1 unspecified atom stereocenters. The van der Waals surface area contributed by atoms with Crippen LogP contribution in [0.4, 0.5) is 9.18 Å². The Kier molecular flexibility index (Phi) is 6.69. The molecule has 0 bridgehead atoms. The maximum atomic E-state index is 13.2. The van der Waals surface area contributed by atoms with Gasteiger partial charge in [0.05, 0.1) is 0 Å². The molecule has 0 radical (unpaired) electrons. The summed E-state index contributed by atoms with van der Waals surface area (Å²) in [6, 6.07) is 20.5. The van der Waals surface area contributed by atoms with Crippen molar-refractivity contribution in [3.63, 3.8) is 0 Å². The second kappa shape index (κ2) is 9.81. The molecular formula is C26H26FNO4. The number of piperidine rings is 1. The van der Waals surface area contributed by atoms with Crippen LogP contribution in [0.5, 0.6) is 0 Å². The van der Waals surface area contributed by atoms with Gasteiger partial charge in [-0.25, -0.2) is 9.18 Å². The van der Waals surface area contributed by atoms with Crippen molar-refractivity contribution in [2.24, 2.45) is 0 Å². The van der Waals surface area contributed by atoms with Gasteiger partial charge in [-0.3, -0.25) is 4.79 Å². The molecular weight excluding hydrogens is 409 g/mol. The summed E-state index contributed by atoms with van der Waals surface area (Å²) >= 11 is 0. The minimum Gasteiger partial charge on any atom is -0.425 e. The summed E-state index contributed by atoms with van der Waals surface area (Å²) in [4.78, 5) is 26.0. The zero-order chi connectivity index (χ0) is 22.5. The van der Waals surface area contributed by atoms with Crippen LogP contribution in [0.2, 0.25) is 0 Å². The summed E-state index contributed by atoms with van der Waals surface area (Å²) in [6.07, 6.45) is 0.334. The van der Waals surface area contributed by atoms with Crippen molar-refractivity contribution in [3.05, 3.63) is 83.7 Å². The number of ether oxygens (including phenoxy) is 2. The number of likely N-dealkylation sites (tertiary alicyclic amines) is 1. The number of hydrogen-bond acceptors (Lipinski definition) is 4. The molecule has 32 heavy (non-hydrogen) atoms. The molecule has 4 rings (SSSR count). The van der Waals surface area contributed by atoms with E-state index in [0.717, 1.165) is 34.7 Å². The molecule has 1 fully saturated rings. The molecule has 3 aromatic rings. The van der Waals surface area contributed by atoms with Gasteiger partial charge in [-0.1, -0.05) is 54.6 Å². The third-order valence-electron chi connectivity index (χ3n) is 5.84. The fraction of sp³-hybridized carbons (Fsp3) is 0.308. The Morgan fingerprint density at radius 1 is 0.969 bits per heavy atom. The van der Waals surface area contributed by atoms with Crippen LogP contribution in [-0.2, 0) is 20.7 Å². The van der Waals surface area contributed by atoms with Gasteiger partial charge in [0.15, 0.2) is 0 Å². The second-order valence-electron chi connectivity index (χ2n) is 8.12. The van der Waals surface area contributed by atoms with Gasteiger partial charge in [-0.2, -0.15) is 0 Å². The molecule has 0 saturated carbocycles. The smallest absolute Gasteiger partial charge is 0.412 e. The van der Waals surface area contributed by atoms with Gasteiger partial charge >= 0.3 is 12.1 Å². The third-order valence-corrected chi connectivity index (χ3v) is 5.84. The van der Waals surface area contributed by atoms with Gasteiger partial charge in [0, 0.05) is 26.4 Å². The maximum absolute atomic E-state index is 13.2. The van der Waals surface area contributed by atoms with Crippen LogP contribution in [0, 0.1) is 5.82 Å². The van der Waals surface area contributed by atoms with Crippen LogP contribution < -0.4 is 0 Å². The van der Waals surface area contributed by atoms with E-state index in [-0.39, 0.29) is 18.2 Å². The highest BCUT2D eigenvalue weighted by atomic mass is 19.1. The molecule has 1 aliphatic heterocycles. The van der Waals surface area contributed by atoms with Crippen LogP contribution in [0.15, 0.2) is 66.7 Å². The molecule has 0 aromatic heterocycles. The molecule has 1 aliphatic rings. The van der Waals surface area contributed by atoms with Gasteiger partial charge in [-0.05, 0) is 52.8 Å². The summed E-state index contributed by atoms with van der Waals surface area (Å²) in [5, 5.41) is 2.18. The molecule has 1 saturated heterocycles. The zero-order valence-corrected chi connectivity index (χ0v) is 18.0. The maximum Gasteiger partial charge on any atom is 0.412 e. The predicted octanol–water partition coefficient (Wildman–Crippen LogP) is 5.43. The van der Waals surface area contributed by atoms with E-state index in [1.807, 2.05) is 42.5 Å². The van der Waals surface area contributed by atoms with E-state index in [1.54, 1.807) is 17.0 Å². The van der Waals surface area contributed by atoms with Crippen molar-refractivity contribution >= 4 is 22.8 Å². The average molecular weight is 435 g/mol. The van der Waals surface area contributed by atoms with Gasteiger partial charge in [-0.15, -0.1) is 0 Å². The van der Waals surface area contributed by atoms with Gasteiger partial charge in [0.2, 0.25) is 0 Å². The molecule has 0 spiro atoms. The van der Waals surface area contributed by atoms with E-state index in [1.165, 1.54) is 19.1 Å². The topological polar surface area (TPSA) is 55.8 Å². The lowest BCUT2D eigenvalue weighted by molar-refractivity contribution is -0.166. The number of fused-ring (bicyclic) bond motifs is 1. The predicted molar refractivity (Wildman–Crippen MR) is 120 cm³/mol. The lowest BCUT2D eigenvalue weighted by atomic mass is 9.89. The molecule has 1 amide bonds. The monoisotopic (exact) mass is 435 g/mol. The number of hydrogen-bond donors (Lipinski definition) is 0. The van der Waals surface area contributed by atoms with Crippen molar-refractivity contribution < 1.29 is 23.5 Å². The Labute approximate surface area is 186 Å². The minimum atomic E-state index is -0.990. The Morgan fingerprint density at radius 3 is 2.34 bits per heavy atom. The average Bonchev–Trinajstić information content (AvgIpc) is 2.79. The third kappa shape index (κ3) is 5.44. The Hall–Kier alpha value is -3.41. The molecule has 3 aromatic carbocycles. The van der Waals surface area contributed by atoms with E-state index >= 15 is 0 Å². The number of carbonyl (C=O) groups is 2. The highest BCUT2D eigenvalue weighted by molar-refractivity contribution is 5.83. The summed E-state index contributed by atoms with van der Waals surface area (Å²) < 4.78 is 24.0. The van der Waals surface area contributed by atoms with Crippen LogP contribution in [0.25, 0.3) is 10.8 Å². The Morgan fingerprint density at radius 2 is 1.66 bits per heavy atom. The van der Waals surface area contributed by atoms with Crippen molar-refractivity contribution in [3.8, 4) is 0 Å². The molecule has 166 valence electrons. The Balaban J connectivity index is 1.37. The van der Waals surface area contributed by atoms with E-state index in [0.29, 0.717) is 13.1 Å². The Bertz CT molecular complexity index is 1090. The molecule has 1 atom stereocenters. The first-order chi connectivity index (χ1) is 15.5. The van der Waals surface area contributed by atoms with Crippen molar-refractivity contribution in [1.29, 1.82) is 0 Å². The molecule has 0 aliphatic carbocycles.